The van der Waals surface area contributed by atoms with Crippen LogP contribution in [0.15, 0.2) is 54.6 Å². The molecule has 1 N–H and O–H groups in total. The predicted octanol–water partition coefficient (Wildman–Crippen LogP) is 3.32. The van der Waals surface area contributed by atoms with Gasteiger partial charge in [0.2, 0.25) is 5.91 Å². The number of nitrogens with zero attached hydrogens (tertiary/aromatic N) is 1. The van der Waals surface area contributed by atoms with Crippen LogP contribution >= 0.6 is 0 Å². The Morgan fingerprint density at radius 2 is 1.86 bits per heavy atom. The summed E-state index contributed by atoms with van der Waals surface area (Å²) in [5.74, 6) is 0.148. The highest BCUT2D eigenvalue weighted by Gasteiger charge is 2.22. The van der Waals surface area contributed by atoms with Crippen molar-refractivity contribution in [2.45, 2.75) is 25.8 Å². The monoisotopic (exact) mass is 294 g/mol. The number of rotatable bonds is 4. The van der Waals surface area contributed by atoms with Gasteiger partial charge in [-0.15, -0.1) is 0 Å². The summed E-state index contributed by atoms with van der Waals surface area (Å²) in [4.78, 5) is 14.5. The molecule has 3 nitrogen and oxygen atoms in total. The normalized spacial score (nSPS) is 15.2. The number of para-hydroxylation sites is 1. The Bertz CT molecular complexity index is 639. The van der Waals surface area contributed by atoms with Gasteiger partial charge in [0.15, 0.2) is 0 Å². The van der Waals surface area contributed by atoms with E-state index in [1.807, 2.05) is 41.3 Å². The Morgan fingerprint density at radius 3 is 2.68 bits per heavy atom. The van der Waals surface area contributed by atoms with E-state index in [1.54, 1.807) is 0 Å². The summed E-state index contributed by atoms with van der Waals surface area (Å²) in [6.07, 6.45) is 2.10. The molecule has 1 amide bonds. The number of fused-ring (bicyclic) bond motifs is 1. The minimum atomic E-state index is 0.148. The number of anilines is 1. The van der Waals surface area contributed by atoms with Gasteiger partial charge in [-0.1, -0.05) is 48.5 Å². The van der Waals surface area contributed by atoms with Gasteiger partial charge in [-0.05, 0) is 37.0 Å². The lowest BCUT2D eigenvalue weighted by Crippen LogP contribution is -2.41. The summed E-state index contributed by atoms with van der Waals surface area (Å²) in [6, 6.07) is 18.6. The number of benzene rings is 2. The first kappa shape index (κ1) is 14.8. The molecule has 1 aliphatic heterocycles. The van der Waals surface area contributed by atoms with Crippen molar-refractivity contribution in [2.75, 3.05) is 18.0 Å². The zero-order valence-electron chi connectivity index (χ0n) is 13.0. The summed E-state index contributed by atoms with van der Waals surface area (Å²) in [5.41, 5.74) is 3.56. The van der Waals surface area contributed by atoms with E-state index in [1.165, 1.54) is 11.1 Å². The number of hydrogen-bond acceptors (Lipinski definition) is 2. The first-order valence-corrected chi connectivity index (χ1v) is 7.92. The van der Waals surface area contributed by atoms with Gasteiger partial charge >= 0.3 is 0 Å². The van der Waals surface area contributed by atoms with Gasteiger partial charge in [0.05, 0.1) is 6.54 Å². The van der Waals surface area contributed by atoms with E-state index in [0.29, 0.717) is 6.54 Å². The molecule has 0 aromatic heterocycles. The summed E-state index contributed by atoms with van der Waals surface area (Å²) < 4.78 is 0. The molecule has 22 heavy (non-hydrogen) atoms. The highest BCUT2D eigenvalue weighted by atomic mass is 16.2. The number of hydrogen-bond donors (Lipinski definition) is 1. The van der Waals surface area contributed by atoms with Crippen LogP contribution < -0.4 is 10.2 Å². The minimum Gasteiger partial charge on any atom is -0.311 e. The highest BCUT2D eigenvalue weighted by molar-refractivity contribution is 5.95. The smallest absolute Gasteiger partial charge is 0.240 e. The third kappa shape index (κ3) is 3.20. The summed E-state index contributed by atoms with van der Waals surface area (Å²) in [5, 5.41) is 3.34. The van der Waals surface area contributed by atoms with Crippen molar-refractivity contribution in [3.05, 3.63) is 65.7 Å². The number of nitrogens with one attached hydrogen (secondary N) is 1. The molecule has 0 radical (unpaired) electrons. The lowest BCUT2D eigenvalue weighted by Gasteiger charge is -2.30. The van der Waals surface area contributed by atoms with E-state index in [2.05, 4.69) is 30.4 Å². The van der Waals surface area contributed by atoms with Crippen LogP contribution in [0.1, 0.15) is 30.5 Å². The topological polar surface area (TPSA) is 32.3 Å². The third-order valence-electron chi connectivity index (χ3n) is 4.27. The van der Waals surface area contributed by atoms with Gasteiger partial charge in [0.25, 0.3) is 0 Å². The van der Waals surface area contributed by atoms with Crippen molar-refractivity contribution >= 4 is 11.6 Å². The molecule has 0 saturated heterocycles. The SMILES string of the molecule is C[C@H](NCC(=O)N1CCCc2ccccc21)c1ccccc1. The van der Waals surface area contributed by atoms with Crippen LogP contribution in [-0.4, -0.2) is 19.0 Å². The van der Waals surface area contributed by atoms with Crippen LogP contribution in [0, 0.1) is 0 Å². The van der Waals surface area contributed by atoms with Crippen molar-refractivity contribution in [3.8, 4) is 0 Å². The number of aryl methyl sites for hydroxylation is 1. The largest absolute Gasteiger partial charge is 0.311 e. The molecule has 114 valence electrons. The van der Waals surface area contributed by atoms with Crippen molar-refractivity contribution in [2.24, 2.45) is 0 Å². The van der Waals surface area contributed by atoms with Crippen LogP contribution in [0.3, 0.4) is 0 Å². The second kappa shape index (κ2) is 6.75. The summed E-state index contributed by atoms with van der Waals surface area (Å²) in [6.45, 7) is 3.27. The van der Waals surface area contributed by atoms with Gasteiger partial charge in [0, 0.05) is 18.3 Å². The van der Waals surface area contributed by atoms with Crippen LogP contribution in [0.5, 0.6) is 0 Å². The fourth-order valence-electron chi connectivity index (χ4n) is 2.99. The molecule has 0 saturated carbocycles. The maximum atomic E-state index is 12.6. The molecule has 3 rings (SSSR count). The van der Waals surface area contributed by atoms with E-state index in [-0.39, 0.29) is 11.9 Å². The maximum Gasteiger partial charge on any atom is 0.240 e. The molecule has 0 unspecified atom stereocenters. The average Bonchev–Trinajstić information content (AvgIpc) is 2.59. The quantitative estimate of drug-likeness (QED) is 0.938. The van der Waals surface area contributed by atoms with Gasteiger partial charge in [-0.3, -0.25) is 4.79 Å². The lowest BCUT2D eigenvalue weighted by molar-refractivity contribution is -0.118. The molecule has 1 aliphatic rings. The number of carbonyl (C=O) groups is 1. The first-order chi connectivity index (χ1) is 10.8. The van der Waals surface area contributed by atoms with E-state index < -0.39 is 0 Å². The lowest BCUT2D eigenvalue weighted by atomic mass is 10.0. The average molecular weight is 294 g/mol. The van der Waals surface area contributed by atoms with Gasteiger partial charge < -0.3 is 10.2 Å². The van der Waals surface area contributed by atoms with Gasteiger partial charge in [-0.25, -0.2) is 0 Å². The summed E-state index contributed by atoms with van der Waals surface area (Å²) in [7, 11) is 0. The molecule has 2 aromatic rings. The third-order valence-corrected chi connectivity index (χ3v) is 4.27. The van der Waals surface area contributed by atoms with E-state index in [9.17, 15) is 4.79 Å². The van der Waals surface area contributed by atoms with Crippen molar-refractivity contribution in [1.29, 1.82) is 0 Å². The van der Waals surface area contributed by atoms with Crippen LogP contribution in [0.4, 0.5) is 5.69 Å². The Balaban J connectivity index is 1.64. The zero-order chi connectivity index (χ0) is 15.4. The Kier molecular flexibility index (Phi) is 4.54. The number of carbonyl (C=O) groups excluding carboxylic acids is 1. The Hall–Kier alpha value is -2.13. The van der Waals surface area contributed by atoms with Crippen LogP contribution in [0.2, 0.25) is 0 Å². The first-order valence-electron chi connectivity index (χ1n) is 7.92. The van der Waals surface area contributed by atoms with Crippen LogP contribution in [-0.2, 0) is 11.2 Å². The standard InChI is InChI=1S/C19H22N2O/c1-15(16-8-3-2-4-9-16)20-14-19(22)21-13-7-11-17-10-5-6-12-18(17)21/h2-6,8-10,12,15,20H,7,11,13-14H2,1H3/t15-/m0/s1. The Labute approximate surface area is 132 Å². The molecule has 0 bridgehead atoms. The highest BCUT2D eigenvalue weighted by Crippen LogP contribution is 2.26. The molecule has 1 atom stereocenters. The maximum absolute atomic E-state index is 12.6. The Morgan fingerprint density at radius 1 is 1.14 bits per heavy atom. The fourth-order valence-corrected chi connectivity index (χ4v) is 2.99. The van der Waals surface area contributed by atoms with Gasteiger partial charge in [0.1, 0.15) is 0 Å². The van der Waals surface area contributed by atoms with E-state index in [4.69, 9.17) is 0 Å². The fraction of sp³-hybridized carbons (Fsp3) is 0.316. The van der Waals surface area contributed by atoms with Crippen LogP contribution in [0.25, 0.3) is 0 Å². The molecule has 2 aromatic carbocycles. The minimum absolute atomic E-state index is 0.148. The van der Waals surface area contributed by atoms with Gasteiger partial charge in [-0.2, -0.15) is 0 Å². The molecule has 0 fully saturated rings. The zero-order valence-corrected chi connectivity index (χ0v) is 13.0. The van der Waals surface area contributed by atoms with Crippen molar-refractivity contribution in [3.63, 3.8) is 0 Å². The van der Waals surface area contributed by atoms with E-state index in [0.717, 1.165) is 25.1 Å². The molecular weight excluding hydrogens is 272 g/mol. The van der Waals surface area contributed by atoms with Crippen molar-refractivity contribution < 1.29 is 4.79 Å². The molecule has 1 heterocycles. The second-order valence-electron chi connectivity index (χ2n) is 5.79. The molecular formula is C19H22N2O. The molecule has 0 spiro atoms. The predicted molar refractivity (Wildman–Crippen MR) is 90.0 cm³/mol. The molecule has 3 heteroatoms. The van der Waals surface area contributed by atoms with Crippen molar-refractivity contribution in [1.82, 2.24) is 5.32 Å². The van der Waals surface area contributed by atoms with E-state index >= 15 is 0 Å². The number of amides is 1. The molecule has 0 aliphatic carbocycles. The summed E-state index contributed by atoms with van der Waals surface area (Å²) >= 11 is 0. The second-order valence-corrected chi connectivity index (χ2v) is 5.79.